The van der Waals surface area contributed by atoms with Gasteiger partial charge in [0, 0.05) is 0 Å². The molecule has 2 nitrogen and oxygen atoms in total. The van der Waals surface area contributed by atoms with Crippen molar-refractivity contribution in [2.24, 2.45) is 0 Å². The molecule has 0 aliphatic heterocycles. The van der Waals surface area contributed by atoms with Gasteiger partial charge in [-0.05, 0) is 26.6 Å². The number of hydrogen-bond acceptors (Lipinski definition) is 2. The lowest BCUT2D eigenvalue weighted by Gasteiger charge is -2.13. The normalized spacial score (nSPS) is 10.7. The van der Waals surface area contributed by atoms with Crippen LogP contribution in [0.3, 0.4) is 0 Å². The third-order valence-electron chi connectivity index (χ3n) is 1.09. The maximum absolute atomic E-state index is 3.13. The molecule has 1 N–H and O–H groups in total. The number of hydrogen-bond donors (Lipinski definition) is 1. The molecule has 0 fully saturated rings. The molecule has 0 aliphatic rings. The van der Waals surface area contributed by atoms with Gasteiger partial charge in [-0.15, -0.1) is 0 Å². The van der Waals surface area contributed by atoms with Gasteiger partial charge in [0.05, 0.1) is 6.67 Å². The molecule has 9 heavy (non-hydrogen) atoms. The summed E-state index contributed by atoms with van der Waals surface area (Å²) in [6.07, 6.45) is 1.21. The summed E-state index contributed by atoms with van der Waals surface area (Å²) in [6, 6.07) is 0. The van der Waals surface area contributed by atoms with Crippen LogP contribution in [0.2, 0.25) is 0 Å². The Kier molecular flexibility index (Phi) is 5.99. The molecule has 55 valence electrons. The summed E-state index contributed by atoms with van der Waals surface area (Å²) in [5.74, 6) is 0. The van der Waals surface area contributed by atoms with Gasteiger partial charge in [-0.1, -0.05) is 13.8 Å². The molecule has 0 saturated carbocycles. The van der Waals surface area contributed by atoms with E-state index in [4.69, 9.17) is 0 Å². The largest absolute Gasteiger partial charge is 0.300 e. The van der Waals surface area contributed by atoms with Gasteiger partial charge in [-0.25, -0.2) is 0 Å². The van der Waals surface area contributed by atoms with E-state index in [0.717, 1.165) is 13.1 Å². The number of nitrogens with zero attached hydrogens (tertiary/aromatic N) is 1. The molecule has 0 heterocycles. The van der Waals surface area contributed by atoms with Crippen molar-refractivity contribution >= 4 is 0 Å². The second-order valence-electron chi connectivity index (χ2n) is 2.17. The number of nitrogens with one attached hydrogen (secondary N) is 1. The van der Waals surface area contributed by atoms with Crippen molar-refractivity contribution < 1.29 is 0 Å². The smallest absolute Gasteiger partial charge is 0.0891 e. The van der Waals surface area contributed by atoms with E-state index in [-0.39, 0.29) is 0 Å². The summed E-state index contributed by atoms with van der Waals surface area (Å²) < 4.78 is 0. The molecule has 2 heteroatoms. The summed E-state index contributed by atoms with van der Waals surface area (Å²) in [5, 5.41) is 3.13. The highest BCUT2D eigenvalue weighted by atomic mass is 15.2. The van der Waals surface area contributed by atoms with Crippen LogP contribution in [0, 0.1) is 6.67 Å². The van der Waals surface area contributed by atoms with Crippen molar-refractivity contribution in [3.05, 3.63) is 6.67 Å². The fourth-order valence-corrected chi connectivity index (χ4v) is 0.664. The van der Waals surface area contributed by atoms with Gasteiger partial charge in [0.2, 0.25) is 0 Å². The Hall–Kier alpha value is -0.0800. The first-order valence-electron chi connectivity index (χ1n) is 3.58. The van der Waals surface area contributed by atoms with Crippen LogP contribution in [-0.4, -0.2) is 25.0 Å². The zero-order chi connectivity index (χ0) is 7.11. The molecule has 0 rings (SSSR count). The maximum atomic E-state index is 3.13. The van der Waals surface area contributed by atoms with Crippen molar-refractivity contribution in [2.45, 2.75) is 20.3 Å². The van der Waals surface area contributed by atoms with Gasteiger partial charge in [-0.2, -0.15) is 0 Å². The third kappa shape index (κ3) is 5.80. The van der Waals surface area contributed by atoms with Crippen LogP contribution in [-0.2, 0) is 0 Å². The van der Waals surface area contributed by atoms with Crippen molar-refractivity contribution in [1.82, 2.24) is 10.2 Å². The van der Waals surface area contributed by atoms with Gasteiger partial charge in [-0.3, -0.25) is 10.2 Å². The first-order chi connectivity index (χ1) is 4.31. The first kappa shape index (κ1) is 8.92. The lowest BCUT2D eigenvalue weighted by molar-refractivity contribution is 0.376. The summed E-state index contributed by atoms with van der Waals surface area (Å²) >= 11 is 0. The predicted molar refractivity (Wildman–Crippen MR) is 40.9 cm³/mol. The zero-order valence-electron chi connectivity index (χ0n) is 6.65. The monoisotopic (exact) mass is 129 g/mol. The average Bonchev–Trinajstić information content (AvgIpc) is 1.85. The van der Waals surface area contributed by atoms with Gasteiger partial charge >= 0.3 is 0 Å². The molecular formula is C7H17N2. The van der Waals surface area contributed by atoms with E-state index >= 15 is 0 Å². The Morgan fingerprint density at radius 2 is 2.11 bits per heavy atom. The molecule has 0 aromatic rings. The molecular weight excluding hydrogens is 112 g/mol. The van der Waals surface area contributed by atoms with Gasteiger partial charge in [0.1, 0.15) is 0 Å². The second-order valence-corrected chi connectivity index (χ2v) is 2.17. The van der Waals surface area contributed by atoms with E-state index in [1.54, 1.807) is 0 Å². The molecule has 0 amide bonds. The molecule has 0 spiro atoms. The van der Waals surface area contributed by atoms with Crippen LogP contribution >= 0.6 is 0 Å². The lowest BCUT2D eigenvalue weighted by Crippen LogP contribution is -2.25. The Morgan fingerprint density at radius 3 is 2.56 bits per heavy atom. The topological polar surface area (TPSA) is 15.3 Å². The van der Waals surface area contributed by atoms with E-state index in [2.05, 4.69) is 31.1 Å². The maximum Gasteiger partial charge on any atom is 0.0891 e. The standard InChI is InChI=1S/C7H17N2/c1-4-6-9(3)7-8-5-2/h7-8H,4-6H2,1-3H3. The van der Waals surface area contributed by atoms with Crippen molar-refractivity contribution in [3.63, 3.8) is 0 Å². The van der Waals surface area contributed by atoms with Crippen LogP contribution in [0.25, 0.3) is 0 Å². The molecule has 1 radical (unpaired) electrons. The molecule has 0 bridgehead atoms. The lowest BCUT2D eigenvalue weighted by atomic mass is 10.4. The average molecular weight is 129 g/mol. The third-order valence-corrected chi connectivity index (χ3v) is 1.09. The van der Waals surface area contributed by atoms with Crippen LogP contribution in [0.5, 0.6) is 0 Å². The fourth-order valence-electron chi connectivity index (χ4n) is 0.664. The van der Waals surface area contributed by atoms with Crippen molar-refractivity contribution in [1.29, 1.82) is 0 Å². The Balaban J connectivity index is 2.95. The van der Waals surface area contributed by atoms with E-state index in [1.807, 2.05) is 6.67 Å². The predicted octanol–water partition coefficient (Wildman–Crippen LogP) is 1.06. The van der Waals surface area contributed by atoms with Crippen molar-refractivity contribution in [2.75, 3.05) is 20.1 Å². The van der Waals surface area contributed by atoms with E-state index in [9.17, 15) is 0 Å². The summed E-state index contributed by atoms with van der Waals surface area (Å²) in [4.78, 5) is 2.16. The van der Waals surface area contributed by atoms with Crippen LogP contribution in [0.15, 0.2) is 0 Å². The molecule has 0 aromatic carbocycles. The Morgan fingerprint density at radius 1 is 1.44 bits per heavy atom. The molecule has 0 aromatic heterocycles. The molecule has 0 unspecified atom stereocenters. The Bertz CT molecular complexity index is 54.9. The van der Waals surface area contributed by atoms with Crippen LogP contribution in [0.1, 0.15) is 20.3 Å². The van der Waals surface area contributed by atoms with E-state index < -0.39 is 0 Å². The summed E-state index contributed by atoms with van der Waals surface area (Å²) in [7, 11) is 2.08. The van der Waals surface area contributed by atoms with Gasteiger partial charge in [0.25, 0.3) is 0 Å². The highest BCUT2D eigenvalue weighted by molar-refractivity contribution is 4.58. The molecule has 0 aliphatic carbocycles. The highest BCUT2D eigenvalue weighted by Gasteiger charge is 1.92. The van der Waals surface area contributed by atoms with Crippen LogP contribution in [0.4, 0.5) is 0 Å². The van der Waals surface area contributed by atoms with Crippen LogP contribution < -0.4 is 5.32 Å². The zero-order valence-corrected chi connectivity index (χ0v) is 6.65. The van der Waals surface area contributed by atoms with Gasteiger partial charge < -0.3 is 0 Å². The Labute approximate surface area is 58.2 Å². The first-order valence-corrected chi connectivity index (χ1v) is 3.58. The minimum Gasteiger partial charge on any atom is -0.300 e. The number of rotatable bonds is 5. The minimum absolute atomic E-state index is 1.01. The summed E-state index contributed by atoms with van der Waals surface area (Å²) in [5.41, 5.74) is 0. The molecule has 0 atom stereocenters. The quantitative estimate of drug-likeness (QED) is 0.597. The van der Waals surface area contributed by atoms with Crippen molar-refractivity contribution in [3.8, 4) is 0 Å². The van der Waals surface area contributed by atoms with Gasteiger partial charge in [0.15, 0.2) is 0 Å². The van der Waals surface area contributed by atoms with E-state index in [0.29, 0.717) is 0 Å². The highest BCUT2D eigenvalue weighted by Crippen LogP contribution is 1.85. The SMILES string of the molecule is CCCN(C)[CH]NCC. The second kappa shape index (κ2) is 6.05. The molecule has 0 saturated heterocycles. The van der Waals surface area contributed by atoms with E-state index in [1.165, 1.54) is 6.42 Å². The fraction of sp³-hybridized carbons (Fsp3) is 0.857. The summed E-state index contributed by atoms with van der Waals surface area (Å²) in [6.45, 7) is 8.43. The minimum atomic E-state index is 1.01.